The minimum atomic E-state index is 0.110. The topological polar surface area (TPSA) is 45.7 Å². The third kappa shape index (κ3) is 3.92. The summed E-state index contributed by atoms with van der Waals surface area (Å²) in [4.78, 5) is 21.4. The molecule has 0 aliphatic carbocycles. The predicted octanol–water partition coefficient (Wildman–Crippen LogP) is 2.54. The Morgan fingerprint density at radius 2 is 2.00 bits per heavy atom. The number of carbonyl (C=O) groups excluding carboxylic acids is 1. The molecule has 132 valence electrons. The summed E-state index contributed by atoms with van der Waals surface area (Å²) in [5, 5.41) is 3.18. The average Bonchev–Trinajstić information content (AvgIpc) is 3.06. The maximum atomic E-state index is 12.5. The molecule has 2 saturated heterocycles. The minimum absolute atomic E-state index is 0.110. The molecule has 2 aliphatic heterocycles. The van der Waals surface area contributed by atoms with Crippen LogP contribution in [-0.4, -0.2) is 52.5 Å². The number of ether oxygens (including phenoxy) is 1. The van der Waals surface area contributed by atoms with Crippen molar-refractivity contribution in [3.8, 4) is 0 Å². The molecule has 1 amide bonds. The number of benzene rings is 1. The highest BCUT2D eigenvalue weighted by Gasteiger charge is 2.38. The first-order chi connectivity index (χ1) is 12.3. The second-order valence-corrected chi connectivity index (χ2v) is 7.68. The Kier molecular flexibility index (Phi) is 5.10. The van der Waals surface area contributed by atoms with E-state index in [4.69, 9.17) is 4.74 Å². The number of thiazole rings is 1. The monoisotopic (exact) mass is 357 g/mol. The highest BCUT2D eigenvalue weighted by atomic mass is 32.1. The fourth-order valence-corrected chi connectivity index (χ4v) is 4.44. The van der Waals surface area contributed by atoms with E-state index in [0.717, 1.165) is 37.5 Å². The first kappa shape index (κ1) is 16.7. The van der Waals surface area contributed by atoms with Crippen LogP contribution in [0.25, 0.3) is 0 Å². The van der Waals surface area contributed by atoms with E-state index in [9.17, 15) is 4.79 Å². The molecule has 2 fully saturated rings. The molecule has 2 aliphatic rings. The molecule has 2 aromatic rings. The van der Waals surface area contributed by atoms with Crippen molar-refractivity contribution in [1.29, 1.82) is 0 Å². The molecule has 0 N–H and O–H groups in total. The van der Waals surface area contributed by atoms with Crippen molar-refractivity contribution in [2.75, 3.05) is 19.7 Å². The Morgan fingerprint density at radius 1 is 1.16 bits per heavy atom. The number of morpholine rings is 1. The van der Waals surface area contributed by atoms with Crippen molar-refractivity contribution in [1.82, 2.24) is 14.8 Å². The van der Waals surface area contributed by atoms with E-state index in [1.54, 1.807) is 11.3 Å². The van der Waals surface area contributed by atoms with Gasteiger partial charge in [0.25, 0.3) is 0 Å². The first-order valence-corrected chi connectivity index (χ1v) is 9.73. The number of amides is 1. The summed E-state index contributed by atoms with van der Waals surface area (Å²) in [5.74, 6) is 0.110. The van der Waals surface area contributed by atoms with Gasteiger partial charge in [0.05, 0.1) is 18.7 Å². The van der Waals surface area contributed by atoms with Gasteiger partial charge in [-0.3, -0.25) is 9.69 Å². The number of fused-ring (bicyclic) bond motifs is 1. The molecule has 0 unspecified atom stereocenters. The molecular weight excluding hydrogens is 334 g/mol. The van der Waals surface area contributed by atoms with Gasteiger partial charge in [0.15, 0.2) is 0 Å². The van der Waals surface area contributed by atoms with E-state index in [2.05, 4.69) is 22.0 Å². The normalized spacial score (nSPS) is 24.8. The standard InChI is InChI=1S/C19H23N3O2S/c23-19-14-24-17-7-10-21(13-18-20-8-11-25-18)9-6-16(17)22(19)12-15-4-2-1-3-5-15/h1-5,8,11,16-17H,6-7,9-10,12-14H2/t16-,17-/m0/s1. The van der Waals surface area contributed by atoms with Crippen LogP contribution in [0.5, 0.6) is 0 Å². The smallest absolute Gasteiger partial charge is 0.249 e. The van der Waals surface area contributed by atoms with E-state index >= 15 is 0 Å². The lowest BCUT2D eigenvalue weighted by molar-refractivity contribution is -0.158. The van der Waals surface area contributed by atoms with Gasteiger partial charge < -0.3 is 9.64 Å². The van der Waals surface area contributed by atoms with Gasteiger partial charge in [0.1, 0.15) is 11.6 Å². The summed E-state index contributed by atoms with van der Waals surface area (Å²) in [5.41, 5.74) is 1.18. The average molecular weight is 357 g/mol. The summed E-state index contributed by atoms with van der Waals surface area (Å²) in [6.45, 7) is 3.75. The van der Waals surface area contributed by atoms with Gasteiger partial charge in [-0.1, -0.05) is 30.3 Å². The number of aromatic nitrogens is 1. The Balaban J connectivity index is 1.45. The molecule has 25 heavy (non-hydrogen) atoms. The Labute approximate surface area is 152 Å². The zero-order valence-electron chi connectivity index (χ0n) is 14.2. The number of likely N-dealkylation sites (tertiary alicyclic amines) is 1. The number of nitrogens with zero attached hydrogens (tertiary/aromatic N) is 3. The molecule has 1 aromatic carbocycles. The highest BCUT2D eigenvalue weighted by Crippen LogP contribution is 2.26. The Bertz CT molecular complexity index is 692. The lowest BCUT2D eigenvalue weighted by Crippen LogP contribution is -2.53. The number of hydrogen-bond donors (Lipinski definition) is 0. The molecular formula is C19H23N3O2S. The lowest BCUT2D eigenvalue weighted by atomic mass is 10.0. The van der Waals surface area contributed by atoms with Crippen LogP contribution in [0.3, 0.4) is 0 Å². The van der Waals surface area contributed by atoms with Gasteiger partial charge in [-0.2, -0.15) is 0 Å². The summed E-state index contributed by atoms with van der Waals surface area (Å²) in [6, 6.07) is 10.4. The number of hydrogen-bond acceptors (Lipinski definition) is 5. The maximum Gasteiger partial charge on any atom is 0.249 e. The molecule has 5 nitrogen and oxygen atoms in total. The second-order valence-electron chi connectivity index (χ2n) is 6.70. The van der Waals surface area contributed by atoms with Crippen molar-refractivity contribution in [2.45, 2.75) is 38.1 Å². The molecule has 2 atom stereocenters. The van der Waals surface area contributed by atoms with Crippen LogP contribution in [0, 0.1) is 0 Å². The summed E-state index contributed by atoms with van der Waals surface area (Å²) in [6.07, 6.45) is 3.92. The van der Waals surface area contributed by atoms with Gasteiger partial charge >= 0.3 is 0 Å². The van der Waals surface area contributed by atoms with Gasteiger partial charge in [-0.25, -0.2) is 4.98 Å². The van der Waals surface area contributed by atoms with Crippen LogP contribution < -0.4 is 0 Å². The van der Waals surface area contributed by atoms with Gasteiger partial charge in [0, 0.05) is 31.2 Å². The minimum Gasteiger partial charge on any atom is -0.366 e. The molecule has 3 heterocycles. The molecule has 4 rings (SSSR count). The molecule has 1 aromatic heterocycles. The Hall–Kier alpha value is -1.76. The SMILES string of the molecule is O=C1CO[C@H]2CCN(Cc3nccs3)CC[C@@H]2N1Cc1ccccc1. The third-order valence-corrected chi connectivity index (χ3v) is 5.84. The molecule has 0 saturated carbocycles. The fourth-order valence-electron chi connectivity index (χ4n) is 3.78. The number of carbonyl (C=O) groups is 1. The van der Waals surface area contributed by atoms with Crippen molar-refractivity contribution >= 4 is 17.2 Å². The van der Waals surface area contributed by atoms with Gasteiger partial charge in [-0.05, 0) is 18.4 Å². The maximum absolute atomic E-state index is 12.5. The molecule has 0 radical (unpaired) electrons. The van der Waals surface area contributed by atoms with E-state index in [1.165, 1.54) is 5.56 Å². The predicted molar refractivity (Wildman–Crippen MR) is 97.1 cm³/mol. The third-order valence-electron chi connectivity index (χ3n) is 5.08. The number of rotatable bonds is 4. The Morgan fingerprint density at radius 3 is 2.80 bits per heavy atom. The van der Waals surface area contributed by atoms with Crippen LogP contribution in [0.15, 0.2) is 41.9 Å². The summed E-state index contributed by atoms with van der Waals surface area (Å²) >= 11 is 1.70. The van der Waals surface area contributed by atoms with Crippen LogP contribution in [-0.2, 0) is 22.6 Å². The zero-order chi connectivity index (χ0) is 17.1. The van der Waals surface area contributed by atoms with E-state index in [-0.39, 0.29) is 24.7 Å². The molecule has 0 spiro atoms. The van der Waals surface area contributed by atoms with Crippen LogP contribution in [0.1, 0.15) is 23.4 Å². The van der Waals surface area contributed by atoms with Crippen LogP contribution in [0.4, 0.5) is 0 Å². The first-order valence-electron chi connectivity index (χ1n) is 8.85. The summed E-state index contributed by atoms with van der Waals surface area (Å²) < 4.78 is 5.89. The highest BCUT2D eigenvalue weighted by molar-refractivity contribution is 7.09. The van der Waals surface area contributed by atoms with E-state index < -0.39 is 0 Å². The van der Waals surface area contributed by atoms with Gasteiger partial charge in [-0.15, -0.1) is 11.3 Å². The quantitative estimate of drug-likeness (QED) is 0.844. The van der Waals surface area contributed by atoms with Crippen molar-refractivity contribution < 1.29 is 9.53 Å². The van der Waals surface area contributed by atoms with Crippen molar-refractivity contribution in [3.05, 3.63) is 52.5 Å². The largest absolute Gasteiger partial charge is 0.366 e. The van der Waals surface area contributed by atoms with Crippen molar-refractivity contribution in [3.63, 3.8) is 0 Å². The van der Waals surface area contributed by atoms with Crippen LogP contribution >= 0.6 is 11.3 Å². The van der Waals surface area contributed by atoms with Crippen molar-refractivity contribution in [2.24, 2.45) is 0 Å². The second kappa shape index (κ2) is 7.64. The summed E-state index contributed by atoms with van der Waals surface area (Å²) in [7, 11) is 0. The molecule has 6 heteroatoms. The zero-order valence-corrected chi connectivity index (χ0v) is 15.0. The van der Waals surface area contributed by atoms with Crippen LogP contribution in [0.2, 0.25) is 0 Å². The lowest BCUT2D eigenvalue weighted by Gasteiger charge is -2.40. The van der Waals surface area contributed by atoms with Gasteiger partial charge in [0.2, 0.25) is 5.91 Å². The van der Waals surface area contributed by atoms with E-state index in [1.807, 2.05) is 34.7 Å². The van der Waals surface area contributed by atoms with E-state index in [0.29, 0.717) is 6.54 Å². The molecule has 0 bridgehead atoms. The fraction of sp³-hybridized carbons (Fsp3) is 0.474.